The van der Waals surface area contributed by atoms with Gasteiger partial charge >= 0.3 is 5.97 Å². The van der Waals surface area contributed by atoms with Gasteiger partial charge in [-0.25, -0.2) is 0 Å². The van der Waals surface area contributed by atoms with Crippen LogP contribution in [0.25, 0.3) is 0 Å². The van der Waals surface area contributed by atoms with Crippen LogP contribution in [0.3, 0.4) is 0 Å². The van der Waals surface area contributed by atoms with Gasteiger partial charge in [0.1, 0.15) is 0 Å². The smallest absolute Gasteiger partial charge is 0.306 e. The molecule has 2 unspecified atom stereocenters. The van der Waals surface area contributed by atoms with E-state index in [2.05, 4.69) is 19.1 Å². The van der Waals surface area contributed by atoms with Gasteiger partial charge in [-0.1, -0.05) is 44.2 Å². The molecule has 0 aromatic heterocycles. The first-order valence-corrected chi connectivity index (χ1v) is 5.96. The van der Waals surface area contributed by atoms with Gasteiger partial charge in [-0.15, -0.1) is 0 Å². The average molecular weight is 220 g/mol. The van der Waals surface area contributed by atoms with Gasteiger partial charge < -0.3 is 5.11 Å². The first-order valence-electron chi connectivity index (χ1n) is 5.96. The standard InChI is InChI=1S/C14H20O2/c1-3-11(10-12(4-2)14(15)16)13-8-6-5-7-9-13/h5-9,11-12H,3-4,10H2,1-2H3,(H,15,16). The fourth-order valence-corrected chi connectivity index (χ4v) is 2.05. The van der Waals surface area contributed by atoms with E-state index in [-0.39, 0.29) is 5.92 Å². The minimum Gasteiger partial charge on any atom is -0.481 e. The van der Waals surface area contributed by atoms with Gasteiger partial charge in [0.2, 0.25) is 0 Å². The predicted molar refractivity (Wildman–Crippen MR) is 65.5 cm³/mol. The molecule has 1 aromatic carbocycles. The van der Waals surface area contributed by atoms with Crippen molar-refractivity contribution in [2.45, 2.75) is 39.0 Å². The molecule has 1 N–H and O–H groups in total. The zero-order valence-electron chi connectivity index (χ0n) is 10.0. The van der Waals surface area contributed by atoms with Crippen LogP contribution in [0.5, 0.6) is 0 Å². The van der Waals surface area contributed by atoms with E-state index >= 15 is 0 Å². The molecule has 2 nitrogen and oxygen atoms in total. The SMILES string of the molecule is CCC(CC(CC)c1ccccc1)C(=O)O. The third kappa shape index (κ3) is 3.37. The molecular weight excluding hydrogens is 200 g/mol. The predicted octanol–water partition coefficient (Wildman–Crippen LogP) is 3.68. The zero-order chi connectivity index (χ0) is 12.0. The van der Waals surface area contributed by atoms with Gasteiger partial charge in [0.05, 0.1) is 5.92 Å². The van der Waals surface area contributed by atoms with Gasteiger partial charge in [0.15, 0.2) is 0 Å². The number of carbonyl (C=O) groups is 1. The fourth-order valence-electron chi connectivity index (χ4n) is 2.05. The van der Waals surface area contributed by atoms with Crippen molar-refractivity contribution < 1.29 is 9.90 Å². The summed E-state index contributed by atoms with van der Waals surface area (Å²) in [5.74, 6) is -0.524. The molecule has 0 bridgehead atoms. The Balaban J connectivity index is 2.72. The molecule has 0 heterocycles. The molecule has 1 aromatic rings. The lowest BCUT2D eigenvalue weighted by Crippen LogP contribution is -2.16. The second-order valence-corrected chi connectivity index (χ2v) is 4.19. The summed E-state index contributed by atoms with van der Waals surface area (Å²) in [7, 11) is 0. The maximum absolute atomic E-state index is 11.0. The van der Waals surface area contributed by atoms with Crippen LogP contribution in [0.15, 0.2) is 30.3 Å². The molecule has 2 atom stereocenters. The lowest BCUT2D eigenvalue weighted by molar-refractivity contribution is -0.142. The van der Waals surface area contributed by atoms with Gasteiger partial charge in [0, 0.05) is 0 Å². The highest BCUT2D eigenvalue weighted by Crippen LogP contribution is 2.28. The highest BCUT2D eigenvalue weighted by Gasteiger charge is 2.20. The summed E-state index contributed by atoms with van der Waals surface area (Å²) in [6, 6.07) is 10.2. The minimum absolute atomic E-state index is 0.217. The minimum atomic E-state index is -0.670. The van der Waals surface area contributed by atoms with Crippen LogP contribution in [-0.2, 0) is 4.79 Å². The van der Waals surface area contributed by atoms with Crippen molar-refractivity contribution in [3.05, 3.63) is 35.9 Å². The summed E-state index contributed by atoms with van der Waals surface area (Å²) in [6.45, 7) is 4.06. The van der Waals surface area contributed by atoms with Crippen LogP contribution >= 0.6 is 0 Å². The number of hydrogen-bond acceptors (Lipinski definition) is 1. The van der Waals surface area contributed by atoms with E-state index in [0.29, 0.717) is 12.3 Å². The molecule has 0 saturated heterocycles. The van der Waals surface area contributed by atoms with E-state index < -0.39 is 5.97 Å². The number of rotatable bonds is 6. The topological polar surface area (TPSA) is 37.3 Å². The van der Waals surface area contributed by atoms with E-state index in [4.69, 9.17) is 5.11 Å². The van der Waals surface area contributed by atoms with Crippen LogP contribution in [0, 0.1) is 5.92 Å². The third-order valence-corrected chi connectivity index (χ3v) is 3.17. The molecule has 0 spiro atoms. The summed E-state index contributed by atoms with van der Waals surface area (Å²) in [4.78, 5) is 11.0. The number of aliphatic carboxylic acids is 1. The van der Waals surface area contributed by atoms with Crippen LogP contribution in [0.1, 0.15) is 44.6 Å². The molecule has 88 valence electrons. The Morgan fingerprint density at radius 1 is 1.19 bits per heavy atom. The molecular formula is C14H20O2. The Hall–Kier alpha value is -1.31. The molecule has 2 heteroatoms. The average Bonchev–Trinajstić information content (AvgIpc) is 2.31. The van der Waals surface area contributed by atoms with E-state index in [1.54, 1.807) is 0 Å². The van der Waals surface area contributed by atoms with Crippen molar-refractivity contribution in [3.8, 4) is 0 Å². The largest absolute Gasteiger partial charge is 0.481 e. The summed E-state index contributed by atoms with van der Waals surface area (Å²) < 4.78 is 0. The summed E-state index contributed by atoms with van der Waals surface area (Å²) in [5.41, 5.74) is 1.25. The molecule has 0 saturated carbocycles. The van der Waals surface area contributed by atoms with Crippen LogP contribution < -0.4 is 0 Å². The maximum atomic E-state index is 11.0. The van der Waals surface area contributed by atoms with Crippen molar-refractivity contribution >= 4 is 5.97 Å². The molecule has 1 rings (SSSR count). The van der Waals surface area contributed by atoms with Crippen molar-refractivity contribution in [2.75, 3.05) is 0 Å². The van der Waals surface area contributed by atoms with E-state index in [0.717, 1.165) is 12.8 Å². The normalized spacial score (nSPS) is 14.4. The summed E-state index contributed by atoms with van der Waals surface area (Å²) in [5, 5.41) is 9.06. The third-order valence-electron chi connectivity index (χ3n) is 3.17. The first kappa shape index (κ1) is 12.8. The Morgan fingerprint density at radius 2 is 1.81 bits per heavy atom. The quantitative estimate of drug-likeness (QED) is 0.794. The van der Waals surface area contributed by atoms with Gasteiger partial charge in [-0.05, 0) is 30.7 Å². The van der Waals surface area contributed by atoms with E-state index in [9.17, 15) is 4.79 Å². The van der Waals surface area contributed by atoms with E-state index in [1.165, 1.54) is 5.56 Å². The van der Waals surface area contributed by atoms with Crippen molar-refractivity contribution in [1.29, 1.82) is 0 Å². The number of benzene rings is 1. The molecule has 0 radical (unpaired) electrons. The van der Waals surface area contributed by atoms with E-state index in [1.807, 2.05) is 25.1 Å². The Morgan fingerprint density at radius 3 is 2.25 bits per heavy atom. The number of carboxylic acids is 1. The molecule has 16 heavy (non-hydrogen) atoms. The Kier molecular flexibility index (Phi) is 5.03. The molecule has 0 aliphatic carbocycles. The van der Waals surface area contributed by atoms with Gasteiger partial charge in [0.25, 0.3) is 0 Å². The Bertz CT molecular complexity index is 319. The molecule has 0 aliphatic rings. The second-order valence-electron chi connectivity index (χ2n) is 4.19. The van der Waals surface area contributed by atoms with Crippen molar-refractivity contribution in [3.63, 3.8) is 0 Å². The second kappa shape index (κ2) is 6.31. The summed E-state index contributed by atoms with van der Waals surface area (Å²) in [6.07, 6.45) is 2.44. The molecule has 0 fully saturated rings. The zero-order valence-corrected chi connectivity index (χ0v) is 10.0. The molecule has 0 aliphatic heterocycles. The summed E-state index contributed by atoms with van der Waals surface area (Å²) >= 11 is 0. The Labute approximate surface area is 97.3 Å². The molecule has 0 amide bonds. The highest BCUT2D eigenvalue weighted by molar-refractivity contribution is 5.69. The highest BCUT2D eigenvalue weighted by atomic mass is 16.4. The number of hydrogen-bond donors (Lipinski definition) is 1. The lowest BCUT2D eigenvalue weighted by Gasteiger charge is -2.19. The van der Waals surface area contributed by atoms with Crippen LogP contribution in [-0.4, -0.2) is 11.1 Å². The van der Waals surface area contributed by atoms with Crippen LogP contribution in [0.4, 0.5) is 0 Å². The lowest BCUT2D eigenvalue weighted by atomic mass is 9.86. The number of carboxylic acid groups (broad SMARTS) is 1. The van der Waals surface area contributed by atoms with Crippen LogP contribution in [0.2, 0.25) is 0 Å². The van der Waals surface area contributed by atoms with Crippen molar-refractivity contribution in [1.82, 2.24) is 0 Å². The van der Waals surface area contributed by atoms with Gasteiger partial charge in [-0.2, -0.15) is 0 Å². The fraction of sp³-hybridized carbons (Fsp3) is 0.500. The monoisotopic (exact) mass is 220 g/mol. The first-order chi connectivity index (χ1) is 7.69. The van der Waals surface area contributed by atoms with Gasteiger partial charge in [-0.3, -0.25) is 4.79 Å². The maximum Gasteiger partial charge on any atom is 0.306 e. The van der Waals surface area contributed by atoms with Crippen molar-refractivity contribution in [2.24, 2.45) is 5.92 Å².